The largest absolute Gasteiger partial charge is 0.481 e. The second-order valence-corrected chi connectivity index (χ2v) is 29.7. The summed E-state index contributed by atoms with van der Waals surface area (Å²) in [6.07, 6.45) is 58.4. The van der Waals surface area contributed by atoms with Crippen molar-refractivity contribution < 1.29 is 62.1 Å². The lowest BCUT2D eigenvalue weighted by Crippen LogP contribution is -2.26. The molecule has 6 N–H and O–H groups in total. The van der Waals surface area contributed by atoms with E-state index in [9.17, 15) is 28.8 Å². The summed E-state index contributed by atoms with van der Waals surface area (Å²) in [5, 5.41) is 49.6. The molecule has 0 radical (unpaired) electrons. The number of aliphatic carboxylic acids is 6. The molecule has 0 aliphatic heterocycles. The molecule has 574 valence electrons. The number of carboxylic acids is 6. The van der Waals surface area contributed by atoms with E-state index < -0.39 is 42.2 Å². The minimum Gasteiger partial charge on any atom is -0.481 e. The first kappa shape index (κ1) is 103. The fraction of sp³-hybridized carbons (Fsp3) is 0.788. The van der Waals surface area contributed by atoms with Crippen molar-refractivity contribution in [3.05, 3.63) is 72.9 Å². The second kappa shape index (κ2) is 80.2. The van der Waals surface area contributed by atoms with Gasteiger partial charge in [0.15, 0.2) is 0 Å². The molecule has 0 aromatic rings. The second-order valence-electron chi connectivity index (χ2n) is 29.7. The molecule has 0 saturated carbocycles. The fourth-order valence-corrected chi connectivity index (χ4v) is 8.99. The highest BCUT2D eigenvalue weighted by Gasteiger charge is 2.30. The molecule has 0 unspecified atom stereocenters. The van der Waals surface area contributed by atoms with Gasteiger partial charge in [-0.05, 0) is 148 Å². The van der Waals surface area contributed by atoms with E-state index >= 15 is 0 Å². The molecule has 97 heavy (non-hydrogen) atoms. The van der Waals surface area contributed by atoms with Crippen molar-refractivity contribution >= 4 is 35.8 Å². The lowest BCUT2D eigenvalue weighted by atomic mass is 9.70. The van der Waals surface area contributed by atoms with Gasteiger partial charge < -0.3 is 30.6 Å². The van der Waals surface area contributed by atoms with Crippen LogP contribution in [0.2, 0.25) is 0 Å². The van der Waals surface area contributed by atoms with E-state index in [-0.39, 0.29) is 17.3 Å². The van der Waals surface area contributed by atoms with Gasteiger partial charge in [-0.2, -0.15) is 0 Å². The molecule has 0 atom stereocenters. The SMILES string of the molecule is CC(C)/C=C/C(=O)O.CC(C)/C=C\C(=O)O.CC(C)C(C)(C)CCC(=O)O.CC(C)CCC(=O)O.CC(C)CCCC(=O)O.CCC(CC)(CCC(=O)O)C(C)C.CCCCC/C=C\C/C=C\CCCCCCCC(C)C.[2H]C([2H])(/C=C\CCCCC)/C=C\CCCCCCCC(C)C. The molecule has 0 aliphatic rings. The number of unbranched alkanes of at least 4 members (excludes halogenated alkanes) is 16. The molecule has 12 nitrogen and oxygen atoms in total. The van der Waals surface area contributed by atoms with Gasteiger partial charge in [0.05, 0.1) is 0 Å². The predicted molar refractivity (Wildman–Crippen MR) is 420 cm³/mol. The Labute approximate surface area is 603 Å². The summed E-state index contributed by atoms with van der Waals surface area (Å²) in [6, 6.07) is 0. The van der Waals surface area contributed by atoms with E-state index in [0.717, 1.165) is 88.2 Å². The third-order valence-electron chi connectivity index (χ3n) is 16.7. The van der Waals surface area contributed by atoms with E-state index in [1.165, 1.54) is 128 Å². The highest BCUT2D eigenvalue weighted by Crippen LogP contribution is 2.39. The van der Waals surface area contributed by atoms with Crippen molar-refractivity contribution in [1.29, 1.82) is 0 Å². The van der Waals surface area contributed by atoms with Crippen LogP contribution in [0, 0.1) is 58.2 Å². The van der Waals surface area contributed by atoms with E-state index in [1.807, 2.05) is 53.7 Å². The van der Waals surface area contributed by atoms with Crippen LogP contribution in [0.15, 0.2) is 72.9 Å². The molecule has 0 rings (SSSR count). The molecular formula is C85H162O12. The number of rotatable bonds is 49. The maximum absolute atomic E-state index is 10.5. The zero-order valence-corrected chi connectivity index (χ0v) is 67.2. The zero-order valence-electron chi connectivity index (χ0n) is 69.2. The highest BCUT2D eigenvalue weighted by atomic mass is 16.4. The Hall–Kier alpha value is -4.74. The van der Waals surface area contributed by atoms with E-state index in [0.29, 0.717) is 54.8 Å². The van der Waals surface area contributed by atoms with Crippen LogP contribution >= 0.6 is 0 Å². The molecular weight excluding hydrogens is 1210 g/mol. The van der Waals surface area contributed by atoms with E-state index in [4.69, 9.17) is 33.4 Å². The lowest BCUT2D eigenvalue weighted by molar-refractivity contribution is -0.138. The Bertz CT molecular complexity index is 1990. The quantitative estimate of drug-likeness (QED) is 0.0190. The zero-order chi connectivity index (χ0) is 78.1. The first-order chi connectivity index (χ1) is 46.1. The summed E-state index contributed by atoms with van der Waals surface area (Å²) in [5.74, 6) is 0.113. The Morgan fingerprint density at radius 3 is 0.928 bits per heavy atom. The first-order valence-corrected chi connectivity index (χ1v) is 38.4. The van der Waals surface area contributed by atoms with Crippen molar-refractivity contribution in [2.45, 2.75) is 377 Å². The molecule has 0 amide bonds. The summed E-state index contributed by atoms with van der Waals surface area (Å²) in [4.78, 5) is 60.3. The Morgan fingerprint density at radius 1 is 0.351 bits per heavy atom. The van der Waals surface area contributed by atoms with Gasteiger partial charge >= 0.3 is 35.8 Å². The van der Waals surface area contributed by atoms with Gasteiger partial charge in [-0.3, -0.25) is 19.2 Å². The number of hydrogen-bond donors (Lipinski definition) is 6. The van der Waals surface area contributed by atoms with Gasteiger partial charge in [0, 0.05) is 40.6 Å². The fourth-order valence-electron chi connectivity index (χ4n) is 8.99. The van der Waals surface area contributed by atoms with Crippen molar-refractivity contribution in [3.63, 3.8) is 0 Å². The third-order valence-corrected chi connectivity index (χ3v) is 16.7. The molecule has 0 fully saturated rings. The van der Waals surface area contributed by atoms with Crippen LogP contribution in [0.25, 0.3) is 0 Å². The van der Waals surface area contributed by atoms with Crippen molar-refractivity contribution in [1.82, 2.24) is 0 Å². The van der Waals surface area contributed by atoms with Gasteiger partial charge in [0.25, 0.3) is 0 Å². The maximum Gasteiger partial charge on any atom is 0.327 e. The standard InChI is InChI=1S/2C20H38.C11H22O2.C9H18O2.C7H14O2.C6H12O2.2C6H10O2/c2*1-4-5-6-7-8-9-10-11-12-13-14-15-16-17-18-19-20(2)3;1-5-11(6-2,9(3)4)8-7-10(12)13;1-7(2)9(3,4)6-5-8(10)11;1-6(2)4-3-5-7(8)9;3*1-5(2)3-4-6(7)8/h2*8-9,11-12,20H,4-7,10,13-19H2,1-3H3;9H,5-8H2,1-4H3,(H,12,13);7H,5-6H2,1-4H3,(H,10,11);6H,3-5H2,1-2H3,(H,8,9);5H,3-4H2,1-2H3,(H,7,8);2*3-5H,1-2H3,(H,7,8)/b2*9-8-,12-11-;;;;;4-3+;4-3-/i10D2;;;;;;;. The Morgan fingerprint density at radius 2 is 0.660 bits per heavy atom. The molecule has 0 heterocycles. The van der Waals surface area contributed by atoms with Crippen LogP contribution in [0.3, 0.4) is 0 Å². The number of carbonyl (C=O) groups is 6. The first-order valence-electron chi connectivity index (χ1n) is 39.4. The average molecular weight is 1380 g/mol. The highest BCUT2D eigenvalue weighted by molar-refractivity contribution is 5.80. The number of hydrogen-bond acceptors (Lipinski definition) is 6. The monoisotopic (exact) mass is 1380 g/mol. The molecule has 0 bridgehead atoms. The molecule has 0 spiro atoms. The molecule has 0 aromatic heterocycles. The summed E-state index contributed by atoms with van der Waals surface area (Å²) in [6.45, 7) is 46.8. The van der Waals surface area contributed by atoms with Crippen LogP contribution in [0.1, 0.15) is 380 Å². The van der Waals surface area contributed by atoms with Gasteiger partial charge in [-0.25, -0.2) is 9.59 Å². The molecule has 0 aliphatic carbocycles. The summed E-state index contributed by atoms with van der Waals surface area (Å²) in [5.41, 5.74) is 0.386. The molecule has 0 saturated heterocycles. The normalized spacial score (nSPS) is 12.0. The smallest absolute Gasteiger partial charge is 0.327 e. The summed E-state index contributed by atoms with van der Waals surface area (Å²) in [7, 11) is 0. The minimum atomic E-state index is -1.27. The van der Waals surface area contributed by atoms with Crippen molar-refractivity contribution in [2.24, 2.45) is 58.2 Å². The average Bonchev–Trinajstić information content (AvgIpc) is 0.895. The Kier molecular flexibility index (Phi) is 85.4. The van der Waals surface area contributed by atoms with Crippen LogP contribution in [0.4, 0.5) is 0 Å². The van der Waals surface area contributed by atoms with Gasteiger partial charge in [-0.15, -0.1) is 0 Å². The van der Waals surface area contributed by atoms with Gasteiger partial charge in [0.1, 0.15) is 0 Å². The minimum absolute atomic E-state index is 0.151. The summed E-state index contributed by atoms with van der Waals surface area (Å²) >= 11 is 0. The van der Waals surface area contributed by atoms with Crippen LogP contribution in [-0.4, -0.2) is 66.5 Å². The lowest BCUT2D eigenvalue weighted by Gasteiger charge is -2.35. The van der Waals surface area contributed by atoms with Crippen LogP contribution in [0.5, 0.6) is 0 Å². The third kappa shape index (κ3) is 113. The molecule has 12 heteroatoms. The summed E-state index contributed by atoms with van der Waals surface area (Å²) < 4.78 is 15.8. The number of allylic oxidation sites excluding steroid dienone is 10. The van der Waals surface area contributed by atoms with Crippen LogP contribution in [-0.2, 0) is 28.8 Å². The number of carboxylic acid groups (broad SMARTS) is 6. The van der Waals surface area contributed by atoms with Gasteiger partial charge in [0.2, 0.25) is 0 Å². The maximum atomic E-state index is 10.5. The topological polar surface area (TPSA) is 224 Å². The van der Waals surface area contributed by atoms with Crippen LogP contribution < -0.4 is 0 Å². The molecule has 0 aromatic carbocycles. The van der Waals surface area contributed by atoms with Crippen molar-refractivity contribution in [3.8, 4) is 0 Å². The van der Waals surface area contributed by atoms with Crippen molar-refractivity contribution in [2.75, 3.05) is 0 Å². The van der Waals surface area contributed by atoms with E-state index in [1.54, 1.807) is 24.3 Å². The Balaban J connectivity index is -0.000000165. The van der Waals surface area contributed by atoms with Gasteiger partial charge in [-0.1, -0.05) is 322 Å². The van der Waals surface area contributed by atoms with E-state index in [2.05, 4.69) is 135 Å². The predicted octanol–water partition coefficient (Wildman–Crippen LogP) is 26.7.